The van der Waals surface area contributed by atoms with Crippen LogP contribution in [0.4, 0.5) is 5.88 Å². The van der Waals surface area contributed by atoms with Crippen LogP contribution in [0, 0.1) is 0 Å². The minimum atomic E-state index is 0.493. The van der Waals surface area contributed by atoms with Crippen molar-refractivity contribution >= 4 is 38.3 Å². The molecule has 0 radical (unpaired) electrons. The zero-order valence-corrected chi connectivity index (χ0v) is 10.9. The largest absolute Gasteiger partial charge is 0.440 e. The first-order chi connectivity index (χ1) is 9.33. The van der Waals surface area contributed by atoms with Crippen molar-refractivity contribution in [2.24, 2.45) is 0 Å². The van der Waals surface area contributed by atoms with Crippen LogP contribution in [-0.4, -0.2) is 0 Å². The van der Waals surface area contributed by atoms with Crippen LogP contribution in [0.1, 0.15) is 0 Å². The molecule has 0 atom stereocenters. The Bertz CT molecular complexity index is 855. The maximum absolute atomic E-state index is 6.05. The van der Waals surface area contributed by atoms with Gasteiger partial charge in [0.25, 0.3) is 0 Å². The molecule has 0 aliphatic rings. The molecule has 2 N–H and O–H groups in total. The summed E-state index contributed by atoms with van der Waals surface area (Å²) in [5, 5.41) is 2.32. The number of hydrogen-bond acceptors (Lipinski definition) is 3. The predicted molar refractivity (Wildman–Crippen MR) is 81.4 cm³/mol. The Kier molecular flexibility index (Phi) is 2.17. The summed E-state index contributed by atoms with van der Waals surface area (Å²) in [4.78, 5) is 1.16. The third-order valence-corrected chi connectivity index (χ3v) is 4.43. The molecule has 2 nitrogen and oxygen atoms in total. The highest BCUT2D eigenvalue weighted by Gasteiger charge is 2.15. The summed E-state index contributed by atoms with van der Waals surface area (Å²) >= 11 is 1.74. The van der Waals surface area contributed by atoms with E-state index >= 15 is 0 Å². The normalized spacial score (nSPS) is 11.4. The van der Waals surface area contributed by atoms with Gasteiger partial charge in [0.05, 0.1) is 5.56 Å². The standard InChI is InChI=1S/C16H11NOS/c17-16-15(11-6-2-3-7-12(11)18-16)14-9-10-5-1-4-8-13(10)19-14/h1-9H,17H2. The van der Waals surface area contributed by atoms with Gasteiger partial charge in [-0.15, -0.1) is 11.3 Å². The lowest BCUT2D eigenvalue weighted by molar-refractivity contribution is 0.638. The fourth-order valence-electron chi connectivity index (χ4n) is 2.42. The molecule has 92 valence electrons. The molecule has 4 aromatic rings. The highest BCUT2D eigenvalue weighted by Crippen LogP contribution is 2.41. The number of hydrogen-bond donors (Lipinski definition) is 1. The molecule has 0 aliphatic heterocycles. The van der Waals surface area contributed by atoms with Gasteiger partial charge in [0.1, 0.15) is 5.58 Å². The maximum atomic E-state index is 6.05. The molecule has 0 amide bonds. The van der Waals surface area contributed by atoms with Crippen molar-refractivity contribution in [3.63, 3.8) is 0 Å². The van der Waals surface area contributed by atoms with Gasteiger partial charge in [-0.2, -0.15) is 0 Å². The van der Waals surface area contributed by atoms with E-state index < -0.39 is 0 Å². The van der Waals surface area contributed by atoms with E-state index in [1.54, 1.807) is 11.3 Å². The van der Waals surface area contributed by atoms with E-state index in [1.165, 1.54) is 10.1 Å². The molecule has 19 heavy (non-hydrogen) atoms. The van der Waals surface area contributed by atoms with Crippen molar-refractivity contribution < 1.29 is 4.42 Å². The average Bonchev–Trinajstić information content (AvgIpc) is 2.97. The highest BCUT2D eigenvalue weighted by molar-refractivity contribution is 7.22. The van der Waals surface area contributed by atoms with E-state index in [4.69, 9.17) is 10.2 Å². The van der Waals surface area contributed by atoms with Gasteiger partial charge < -0.3 is 10.2 Å². The lowest BCUT2D eigenvalue weighted by Gasteiger charge is -1.94. The van der Waals surface area contributed by atoms with E-state index in [-0.39, 0.29) is 0 Å². The number of anilines is 1. The van der Waals surface area contributed by atoms with Crippen LogP contribution in [0.5, 0.6) is 0 Å². The van der Waals surface area contributed by atoms with E-state index in [0.717, 1.165) is 21.4 Å². The summed E-state index contributed by atoms with van der Waals surface area (Å²) in [7, 11) is 0. The van der Waals surface area contributed by atoms with Crippen molar-refractivity contribution in [1.82, 2.24) is 0 Å². The first kappa shape index (κ1) is 10.6. The Labute approximate surface area is 114 Å². The zero-order chi connectivity index (χ0) is 12.8. The second kappa shape index (κ2) is 3.87. The number of benzene rings is 2. The first-order valence-corrected chi connectivity index (χ1v) is 6.90. The number of fused-ring (bicyclic) bond motifs is 2. The van der Waals surface area contributed by atoms with Gasteiger partial charge in [-0.1, -0.05) is 36.4 Å². The third-order valence-electron chi connectivity index (χ3n) is 3.29. The fraction of sp³-hybridized carbons (Fsp3) is 0. The van der Waals surface area contributed by atoms with Crippen molar-refractivity contribution in [2.75, 3.05) is 5.73 Å². The molecule has 0 bridgehead atoms. The van der Waals surface area contributed by atoms with Crippen LogP contribution < -0.4 is 5.73 Å². The minimum absolute atomic E-state index is 0.493. The van der Waals surface area contributed by atoms with E-state index in [0.29, 0.717) is 5.88 Å². The molecule has 0 unspecified atom stereocenters. The van der Waals surface area contributed by atoms with Gasteiger partial charge in [0, 0.05) is 15.0 Å². The number of nitrogens with two attached hydrogens (primary N) is 1. The number of nitrogen functional groups attached to an aromatic ring is 1. The first-order valence-electron chi connectivity index (χ1n) is 6.09. The fourth-order valence-corrected chi connectivity index (χ4v) is 3.55. The topological polar surface area (TPSA) is 39.2 Å². The Morgan fingerprint density at radius 1 is 0.947 bits per heavy atom. The van der Waals surface area contributed by atoms with Gasteiger partial charge in [-0.3, -0.25) is 0 Å². The summed E-state index contributed by atoms with van der Waals surface area (Å²) in [5.74, 6) is 0.493. The van der Waals surface area contributed by atoms with Crippen LogP contribution >= 0.6 is 11.3 Å². The number of para-hydroxylation sites is 1. The third kappa shape index (κ3) is 1.55. The molecule has 2 aromatic carbocycles. The highest BCUT2D eigenvalue weighted by atomic mass is 32.1. The number of thiophene rings is 1. The summed E-state index contributed by atoms with van der Waals surface area (Å²) in [6.45, 7) is 0. The monoisotopic (exact) mass is 265 g/mol. The van der Waals surface area contributed by atoms with Crippen LogP contribution in [0.15, 0.2) is 59.0 Å². The second-order valence-electron chi connectivity index (χ2n) is 4.49. The summed E-state index contributed by atoms with van der Waals surface area (Å²) < 4.78 is 6.90. The van der Waals surface area contributed by atoms with Gasteiger partial charge >= 0.3 is 0 Å². The predicted octanol–water partition coefficient (Wildman–Crippen LogP) is 4.90. The molecule has 0 saturated heterocycles. The van der Waals surface area contributed by atoms with E-state index in [9.17, 15) is 0 Å². The molecule has 2 aromatic heterocycles. The van der Waals surface area contributed by atoms with Crippen LogP contribution in [0.25, 0.3) is 31.5 Å². The summed E-state index contributed by atoms with van der Waals surface area (Å²) in [6, 6.07) is 18.5. The van der Waals surface area contributed by atoms with Gasteiger partial charge in [-0.25, -0.2) is 0 Å². The molecule has 4 rings (SSSR count). The van der Waals surface area contributed by atoms with Gasteiger partial charge in [0.2, 0.25) is 0 Å². The van der Waals surface area contributed by atoms with E-state index in [2.05, 4.69) is 36.4 Å². The van der Waals surface area contributed by atoms with Crippen molar-refractivity contribution in [3.05, 3.63) is 54.6 Å². The lowest BCUT2D eigenvalue weighted by Crippen LogP contribution is -1.82. The minimum Gasteiger partial charge on any atom is -0.440 e. The Hall–Kier alpha value is -2.26. The van der Waals surface area contributed by atoms with Crippen molar-refractivity contribution in [3.8, 4) is 10.4 Å². The van der Waals surface area contributed by atoms with Crippen LogP contribution in [0.3, 0.4) is 0 Å². The second-order valence-corrected chi connectivity index (χ2v) is 5.57. The van der Waals surface area contributed by atoms with Crippen LogP contribution in [-0.2, 0) is 0 Å². The molecule has 0 fully saturated rings. The Morgan fingerprint density at radius 3 is 2.63 bits per heavy atom. The number of furan rings is 1. The van der Waals surface area contributed by atoms with Gasteiger partial charge in [-0.05, 0) is 23.6 Å². The molecular weight excluding hydrogens is 254 g/mol. The quantitative estimate of drug-likeness (QED) is 0.532. The SMILES string of the molecule is Nc1oc2ccccc2c1-c1cc2ccccc2s1. The Balaban J connectivity index is 2.06. The average molecular weight is 265 g/mol. The van der Waals surface area contributed by atoms with Crippen LogP contribution in [0.2, 0.25) is 0 Å². The molecular formula is C16H11NOS. The summed E-state index contributed by atoms with van der Waals surface area (Å²) in [6.07, 6.45) is 0. The molecule has 0 saturated carbocycles. The van der Waals surface area contributed by atoms with Crippen molar-refractivity contribution in [1.29, 1.82) is 0 Å². The number of rotatable bonds is 1. The lowest BCUT2D eigenvalue weighted by atomic mass is 10.1. The maximum Gasteiger partial charge on any atom is 0.200 e. The van der Waals surface area contributed by atoms with Crippen molar-refractivity contribution in [2.45, 2.75) is 0 Å². The van der Waals surface area contributed by atoms with Gasteiger partial charge in [0.15, 0.2) is 5.88 Å². The Morgan fingerprint density at radius 2 is 1.74 bits per heavy atom. The smallest absolute Gasteiger partial charge is 0.200 e. The molecule has 0 aliphatic carbocycles. The zero-order valence-electron chi connectivity index (χ0n) is 10.1. The van der Waals surface area contributed by atoms with E-state index in [1.807, 2.05) is 18.2 Å². The molecule has 0 spiro atoms. The molecule has 2 heterocycles. The summed E-state index contributed by atoms with van der Waals surface area (Å²) in [5.41, 5.74) is 7.90. The molecule has 3 heteroatoms.